The first kappa shape index (κ1) is 23.5. The van der Waals surface area contributed by atoms with Crippen LogP contribution in [0.4, 0.5) is 0 Å². The van der Waals surface area contributed by atoms with Crippen molar-refractivity contribution in [2.24, 2.45) is 0 Å². The van der Waals surface area contributed by atoms with E-state index in [1.165, 1.54) is 59.8 Å². The van der Waals surface area contributed by atoms with Crippen LogP contribution in [-0.4, -0.2) is 0 Å². The first-order chi connectivity index (χ1) is 19.4. The summed E-state index contributed by atoms with van der Waals surface area (Å²) in [5.41, 5.74) is 12.6. The van der Waals surface area contributed by atoms with Crippen molar-refractivity contribution >= 4 is 17.4 Å². The van der Waals surface area contributed by atoms with Crippen molar-refractivity contribution in [2.75, 3.05) is 0 Å². The van der Waals surface area contributed by atoms with E-state index in [1.807, 2.05) is 17.4 Å². The zero-order chi connectivity index (χ0) is 26.0. The van der Waals surface area contributed by atoms with Crippen LogP contribution in [0.5, 0.6) is 0 Å². The second-order valence-electron chi connectivity index (χ2n) is 9.84. The Labute approximate surface area is 234 Å². The summed E-state index contributed by atoms with van der Waals surface area (Å²) in [5.74, 6) is 0. The Balaban J connectivity index is 1.44. The molecule has 0 amide bonds. The Morgan fingerprint density at radius 2 is 1.26 bits per heavy atom. The minimum atomic E-state index is 1.05. The maximum absolute atomic E-state index is 3.38. The fraction of sp³-hybridized carbons (Fsp3) is 0.0526. The molecule has 0 spiro atoms. The molecule has 1 heterocycles. The summed E-state index contributed by atoms with van der Waals surface area (Å²) in [7, 11) is 0. The van der Waals surface area contributed by atoms with E-state index in [2.05, 4.69) is 140 Å². The molecule has 1 aromatic heterocycles. The standard InChI is InChI=1S/C38H26S/c1-4-13-27(14-5-1)28-23-25-31(26-24-28)37-34-19-10-11-20-35(34)38(39-37)36-32(29-15-6-2-7-16-29)21-12-22-33(36)30-17-8-3-9-18-30/h1-8,10,12-17,19,21-26H,11,20H2. The minimum Gasteiger partial charge on any atom is -0.134 e. The molecule has 39 heavy (non-hydrogen) atoms. The molecule has 0 N–H and O–H groups in total. The highest BCUT2D eigenvalue weighted by atomic mass is 32.1. The highest BCUT2D eigenvalue weighted by Crippen LogP contribution is 2.50. The van der Waals surface area contributed by atoms with Gasteiger partial charge in [-0.25, -0.2) is 0 Å². The van der Waals surface area contributed by atoms with Gasteiger partial charge in [-0.15, -0.1) is 11.3 Å². The lowest BCUT2D eigenvalue weighted by Crippen LogP contribution is -1.95. The summed E-state index contributed by atoms with van der Waals surface area (Å²) in [6.07, 6.45) is 6.78. The first-order valence-corrected chi connectivity index (χ1v) is 14.2. The van der Waals surface area contributed by atoms with Crippen molar-refractivity contribution < 1.29 is 0 Å². The molecule has 0 aliphatic heterocycles. The van der Waals surface area contributed by atoms with Gasteiger partial charge in [-0.05, 0) is 69.5 Å². The lowest BCUT2D eigenvalue weighted by Gasteiger charge is -2.17. The fourth-order valence-corrected chi connectivity index (χ4v) is 7.00. The third-order valence-corrected chi connectivity index (χ3v) is 8.78. The van der Waals surface area contributed by atoms with Gasteiger partial charge in [-0.2, -0.15) is 0 Å². The monoisotopic (exact) mass is 514 g/mol. The van der Waals surface area contributed by atoms with Gasteiger partial charge in [0.1, 0.15) is 0 Å². The first-order valence-electron chi connectivity index (χ1n) is 13.4. The second kappa shape index (κ2) is 10.3. The molecule has 0 radical (unpaired) electrons. The van der Waals surface area contributed by atoms with Crippen LogP contribution in [-0.2, 0) is 6.42 Å². The average molecular weight is 515 g/mol. The zero-order valence-electron chi connectivity index (χ0n) is 21.5. The molecule has 0 bridgehead atoms. The molecule has 7 rings (SSSR count). The number of thiophene rings is 1. The van der Waals surface area contributed by atoms with Gasteiger partial charge in [0.25, 0.3) is 0 Å². The molecule has 6 aromatic rings. The van der Waals surface area contributed by atoms with Gasteiger partial charge in [0.05, 0.1) is 0 Å². The Bertz CT molecular complexity index is 1700. The third-order valence-electron chi connectivity index (χ3n) is 7.46. The lowest BCUT2D eigenvalue weighted by atomic mass is 9.87. The Morgan fingerprint density at radius 1 is 0.564 bits per heavy atom. The molecule has 0 saturated heterocycles. The molecule has 0 fully saturated rings. The van der Waals surface area contributed by atoms with E-state index in [-0.39, 0.29) is 0 Å². The highest BCUT2D eigenvalue weighted by Gasteiger charge is 2.24. The quantitative estimate of drug-likeness (QED) is 0.215. The molecular weight excluding hydrogens is 488 g/mol. The number of hydrogen-bond donors (Lipinski definition) is 0. The van der Waals surface area contributed by atoms with Crippen molar-refractivity contribution in [3.8, 4) is 54.3 Å². The molecular formula is C38H26S. The van der Waals surface area contributed by atoms with E-state index < -0.39 is 0 Å². The van der Waals surface area contributed by atoms with Gasteiger partial charge in [0.15, 0.2) is 0 Å². The van der Waals surface area contributed by atoms with E-state index >= 15 is 0 Å². The van der Waals surface area contributed by atoms with E-state index in [0.717, 1.165) is 18.4 Å². The van der Waals surface area contributed by atoms with Crippen molar-refractivity contribution in [3.05, 3.63) is 151 Å². The van der Waals surface area contributed by atoms with Crippen LogP contribution in [0.25, 0.3) is 60.3 Å². The van der Waals surface area contributed by atoms with Crippen LogP contribution in [0.3, 0.4) is 0 Å². The van der Waals surface area contributed by atoms with Gasteiger partial charge in [0.2, 0.25) is 0 Å². The minimum absolute atomic E-state index is 1.05. The SMILES string of the molecule is c1cccc(-c2cccc(-c3ccccc3)c2-c2sc(-c3ccc(-c4ccccc4)cc3)c3c2CCC=C3)c#1. The van der Waals surface area contributed by atoms with Crippen LogP contribution in [0.2, 0.25) is 0 Å². The number of rotatable bonds is 5. The molecule has 1 aliphatic rings. The third kappa shape index (κ3) is 4.40. The van der Waals surface area contributed by atoms with Crippen molar-refractivity contribution in [1.29, 1.82) is 0 Å². The van der Waals surface area contributed by atoms with Gasteiger partial charge in [-0.3, -0.25) is 0 Å². The summed E-state index contributed by atoms with van der Waals surface area (Å²) in [5, 5.41) is 0. The van der Waals surface area contributed by atoms with Gasteiger partial charge >= 0.3 is 0 Å². The number of benzene rings is 4. The average Bonchev–Trinajstić information content (AvgIpc) is 3.41. The van der Waals surface area contributed by atoms with Crippen molar-refractivity contribution in [1.82, 2.24) is 0 Å². The van der Waals surface area contributed by atoms with Gasteiger partial charge in [-0.1, -0.05) is 133 Å². The van der Waals surface area contributed by atoms with Crippen LogP contribution in [0.1, 0.15) is 17.5 Å². The Hall–Kier alpha value is -4.64. The van der Waals surface area contributed by atoms with Crippen LogP contribution in [0, 0.1) is 12.1 Å². The molecule has 0 atom stereocenters. The normalized spacial score (nSPS) is 12.1. The van der Waals surface area contributed by atoms with E-state index in [4.69, 9.17) is 0 Å². The van der Waals surface area contributed by atoms with Crippen molar-refractivity contribution in [2.45, 2.75) is 12.8 Å². The van der Waals surface area contributed by atoms with Gasteiger partial charge < -0.3 is 0 Å². The van der Waals surface area contributed by atoms with Crippen LogP contribution in [0.15, 0.2) is 127 Å². The van der Waals surface area contributed by atoms with Gasteiger partial charge in [0, 0.05) is 20.9 Å². The molecule has 1 aliphatic carbocycles. The summed E-state index contributed by atoms with van der Waals surface area (Å²) in [6, 6.07) is 49.8. The van der Waals surface area contributed by atoms with Crippen LogP contribution < -0.4 is 0 Å². The second-order valence-corrected chi connectivity index (χ2v) is 10.9. The fourth-order valence-electron chi connectivity index (χ4n) is 5.58. The molecule has 5 aromatic carbocycles. The Morgan fingerprint density at radius 3 is 2.00 bits per heavy atom. The van der Waals surface area contributed by atoms with E-state index in [0.29, 0.717) is 0 Å². The van der Waals surface area contributed by atoms with E-state index in [1.54, 1.807) is 0 Å². The molecule has 1 heteroatoms. The summed E-state index contributed by atoms with van der Waals surface area (Å²) >= 11 is 1.93. The van der Waals surface area contributed by atoms with E-state index in [9.17, 15) is 0 Å². The zero-order valence-corrected chi connectivity index (χ0v) is 22.3. The maximum Gasteiger partial charge on any atom is 0.0424 e. The predicted octanol–water partition coefficient (Wildman–Crippen LogP) is 10.6. The predicted molar refractivity (Wildman–Crippen MR) is 167 cm³/mol. The molecule has 184 valence electrons. The molecule has 0 nitrogen and oxygen atoms in total. The number of allylic oxidation sites excluding steroid dienone is 1. The molecule has 0 saturated carbocycles. The summed E-state index contributed by atoms with van der Waals surface area (Å²) in [6.45, 7) is 0. The maximum atomic E-state index is 3.38. The van der Waals surface area contributed by atoms with Crippen LogP contribution >= 0.6 is 11.3 Å². The molecule has 0 unspecified atom stereocenters. The Kier molecular flexibility index (Phi) is 6.17. The summed E-state index contributed by atoms with van der Waals surface area (Å²) < 4.78 is 0. The lowest BCUT2D eigenvalue weighted by molar-refractivity contribution is 0.996. The number of hydrogen-bond acceptors (Lipinski definition) is 1. The topological polar surface area (TPSA) is 0 Å². The van der Waals surface area contributed by atoms with Crippen molar-refractivity contribution in [3.63, 3.8) is 0 Å². The summed E-state index contributed by atoms with van der Waals surface area (Å²) in [4.78, 5) is 2.70. The largest absolute Gasteiger partial charge is 0.134 e. The number of fused-ring (bicyclic) bond motifs is 1. The highest BCUT2D eigenvalue weighted by molar-refractivity contribution is 7.19. The smallest absolute Gasteiger partial charge is 0.0424 e.